The molecule has 5 aromatic rings. The Hall–Kier alpha value is -6.08. The lowest BCUT2D eigenvalue weighted by Gasteiger charge is -2.27. The molecule has 0 aromatic heterocycles. The summed E-state index contributed by atoms with van der Waals surface area (Å²) in [7, 11) is 4.00. The van der Waals surface area contributed by atoms with Crippen molar-refractivity contribution in [1.29, 1.82) is 0 Å². The van der Waals surface area contributed by atoms with Gasteiger partial charge in [-0.3, -0.25) is 0 Å². The van der Waals surface area contributed by atoms with Crippen LogP contribution in [0.4, 0.5) is 34.1 Å². The molecule has 0 unspecified atom stereocenters. The van der Waals surface area contributed by atoms with Gasteiger partial charge in [-0.05, 0) is 103 Å². The molecule has 0 N–H and O–H groups in total. The van der Waals surface area contributed by atoms with E-state index in [-0.39, 0.29) is 0 Å². The van der Waals surface area contributed by atoms with E-state index in [9.17, 15) is 9.59 Å². The summed E-state index contributed by atoms with van der Waals surface area (Å²) in [6.45, 7) is 7.57. The van der Waals surface area contributed by atoms with Crippen LogP contribution in [-0.2, 0) is 16.1 Å². The molecule has 5 aromatic carbocycles. The van der Waals surface area contributed by atoms with E-state index in [0.717, 1.165) is 46.3 Å². The Balaban J connectivity index is 1.35. The van der Waals surface area contributed by atoms with Gasteiger partial charge in [0.25, 0.3) is 0 Å². The first-order valence-electron chi connectivity index (χ1n) is 14.7. The molecule has 7 nitrogen and oxygen atoms in total. The van der Waals surface area contributed by atoms with Crippen molar-refractivity contribution in [1.82, 2.24) is 0 Å². The molecule has 0 saturated heterocycles. The number of anilines is 6. The molecule has 0 heterocycles. The quantitative estimate of drug-likeness (QED) is 0.0796. The Morgan fingerprint density at radius 1 is 0.522 bits per heavy atom. The molecule has 7 heteroatoms. The molecular weight excluding hydrogens is 574 g/mol. The van der Waals surface area contributed by atoms with Gasteiger partial charge in [0.2, 0.25) is 0 Å². The fourth-order valence-electron chi connectivity index (χ4n) is 4.90. The second kappa shape index (κ2) is 14.6. The molecular formula is C39H35N3O4. The average molecular weight is 610 g/mol. The SMILES string of the molecule is C=CC(=O)Oc1ccc(N(C)c2ccc(N(Cc3ccccc3)c3ccc(N(C)c4ccc(OC(=O)C=C)cc4)cc3)cc2)cc1. The summed E-state index contributed by atoms with van der Waals surface area (Å²) in [6, 6.07) is 41.9. The molecule has 46 heavy (non-hydrogen) atoms. The summed E-state index contributed by atoms with van der Waals surface area (Å²) >= 11 is 0. The molecule has 0 aliphatic carbocycles. The van der Waals surface area contributed by atoms with Gasteiger partial charge >= 0.3 is 11.9 Å². The van der Waals surface area contributed by atoms with E-state index >= 15 is 0 Å². The molecule has 0 spiro atoms. The minimum absolute atomic E-state index is 0.468. The molecule has 0 fully saturated rings. The number of hydrogen-bond acceptors (Lipinski definition) is 7. The van der Waals surface area contributed by atoms with Gasteiger partial charge in [0, 0.05) is 66.9 Å². The zero-order chi connectivity index (χ0) is 32.5. The summed E-state index contributed by atoms with van der Waals surface area (Å²) in [5.41, 5.74) is 7.25. The molecule has 0 bridgehead atoms. The molecule has 0 radical (unpaired) electrons. The van der Waals surface area contributed by atoms with Gasteiger partial charge in [0.1, 0.15) is 11.5 Å². The summed E-state index contributed by atoms with van der Waals surface area (Å²) in [6.07, 6.45) is 2.28. The van der Waals surface area contributed by atoms with Crippen molar-refractivity contribution in [3.8, 4) is 11.5 Å². The molecule has 230 valence electrons. The average Bonchev–Trinajstić information content (AvgIpc) is 3.11. The number of benzene rings is 5. The van der Waals surface area contributed by atoms with Crippen molar-refractivity contribution < 1.29 is 19.1 Å². The first kappa shape index (κ1) is 31.3. The number of carbonyl (C=O) groups excluding carboxylic acids is 2. The lowest BCUT2D eigenvalue weighted by molar-refractivity contribution is -0.129. The smallest absolute Gasteiger partial charge is 0.335 e. The summed E-state index contributed by atoms with van der Waals surface area (Å²) in [5, 5.41) is 0. The highest BCUT2D eigenvalue weighted by atomic mass is 16.5. The summed E-state index contributed by atoms with van der Waals surface area (Å²) in [5.74, 6) is -0.0389. The Morgan fingerprint density at radius 2 is 0.848 bits per heavy atom. The molecule has 0 aliphatic rings. The van der Waals surface area contributed by atoms with Crippen molar-refractivity contribution in [2.75, 3.05) is 28.8 Å². The Bertz CT molecular complexity index is 1670. The van der Waals surface area contributed by atoms with Gasteiger partial charge in [-0.25, -0.2) is 9.59 Å². The standard InChI is InChI=1S/C39H35N3O4/c1-5-38(43)45-36-24-20-32(21-25-36)40(3)30-12-16-34(17-13-30)42(28-29-10-8-7-9-11-29)35-18-14-31(15-19-35)41(4)33-22-26-37(27-23-33)46-39(44)6-2/h5-27H,1-2,28H2,3-4H3. The van der Waals surface area contributed by atoms with Gasteiger partial charge < -0.3 is 24.2 Å². The van der Waals surface area contributed by atoms with E-state index < -0.39 is 11.9 Å². The maximum absolute atomic E-state index is 11.5. The second-order valence-corrected chi connectivity index (χ2v) is 10.5. The Morgan fingerprint density at radius 3 is 1.20 bits per heavy atom. The minimum atomic E-state index is -0.488. The third kappa shape index (κ3) is 7.70. The van der Waals surface area contributed by atoms with Crippen molar-refractivity contribution >= 4 is 46.1 Å². The third-order valence-electron chi connectivity index (χ3n) is 7.50. The third-order valence-corrected chi connectivity index (χ3v) is 7.50. The highest BCUT2D eigenvalue weighted by molar-refractivity contribution is 5.84. The fourth-order valence-corrected chi connectivity index (χ4v) is 4.90. The van der Waals surface area contributed by atoms with Crippen molar-refractivity contribution in [3.05, 3.63) is 158 Å². The topological polar surface area (TPSA) is 62.3 Å². The van der Waals surface area contributed by atoms with Crippen LogP contribution in [-0.4, -0.2) is 26.0 Å². The van der Waals surface area contributed by atoms with Crippen LogP contribution >= 0.6 is 0 Å². The van der Waals surface area contributed by atoms with Gasteiger partial charge in [-0.1, -0.05) is 43.5 Å². The second-order valence-electron chi connectivity index (χ2n) is 10.5. The summed E-state index contributed by atoms with van der Waals surface area (Å²) < 4.78 is 10.4. The maximum Gasteiger partial charge on any atom is 0.335 e. The predicted octanol–water partition coefficient (Wildman–Crippen LogP) is 8.74. The number of hydrogen-bond donors (Lipinski definition) is 0. The van der Waals surface area contributed by atoms with Crippen molar-refractivity contribution in [3.63, 3.8) is 0 Å². The van der Waals surface area contributed by atoms with Gasteiger partial charge in [-0.15, -0.1) is 0 Å². The van der Waals surface area contributed by atoms with Crippen LogP contribution in [0.1, 0.15) is 5.56 Å². The zero-order valence-electron chi connectivity index (χ0n) is 25.9. The predicted molar refractivity (Wildman–Crippen MR) is 186 cm³/mol. The number of rotatable bonds is 12. The van der Waals surface area contributed by atoms with E-state index in [2.05, 4.69) is 101 Å². The van der Waals surface area contributed by atoms with Crippen LogP contribution < -0.4 is 24.2 Å². The monoisotopic (exact) mass is 609 g/mol. The van der Waals surface area contributed by atoms with Crippen LogP contribution in [0, 0.1) is 0 Å². The molecule has 0 aliphatic heterocycles. The van der Waals surface area contributed by atoms with Crippen molar-refractivity contribution in [2.24, 2.45) is 0 Å². The lowest BCUT2D eigenvalue weighted by Crippen LogP contribution is -2.17. The van der Waals surface area contributed by atoms with Gasteiger partial charge in [0.05, 0.1) is 0 Å². The molecule has 0 saturated carbocycles. The Labute approximate surface area is 269 Å². The fraction of sp³-hybridized carbons (Fsp3) is 0.0769. The molecule has 5 rings (SSSR count). The number of carbonyl (C=O) groups is 2. The maximum atomic E-state index is 11.5. The van der Waals surface area contributed by atoms with E-state index in [1.807, 2.05) is 44.4 Å². The Kier molecular flexibility index (Phi) is 9.95. The highest BCUT2D eigenvalue weighted by Crippen LogP contribution is 2.34. The first-order valence-corrected chi connectivity index (χ1v) is 14.7. The highest BCUT2D eigenvalue weighted by Gasteiger charge is 2.14. The normalized spacial score (nSPS) is 10.4. The van der Waals surface area contributed by atoms with Crippen LogP contribution in [0.5, 0.6) is 11.5 Å². The molecule has 0 atom stereocenters. The largest absolute Gasteiger partial charge is 0.423 e. The van der Waals surface area contributed by atoms with Crippen LogP contribution in [0.3, 0.4) is 0 Å². The van der Waals surface area contributed by atoms with Crippen molar-refractivity contribution in [2.45, 2.75) is 6.54 Å². The van der Waals surface area contributed by atoms with Gasteiger partial charge in [0.15, 0.2) is 0 Å². The van der Waals surface area contributed by atoms with Gasteiger partial charge in [-0.2, -0.15) is 0 Å². The minimum Gasteiger partial charge on any atom is -0.423 e. The first-order chi connectivity index (χ1) is 22.3. The van der Waals surface area contributed by atoms with E-state index in [4.69, 9.17) is 9.47 Å². The lowest BCUT2D eigenvalue weighted by atomic mass is 10.1. The van der Waals surface area contributed by atoms with Crippen LogP contribution in [0.15, 0.2) is 153 Å². The van der Waals surface area contributed by atoms with E-state index in [1.54, 1.807) is 24.3 Å². The zero-order valence-corrected chi connectivity index (χ0v) is 25.9. The summed E-state index contributed by atoms with van der Waals surface area (Å²) in [4.78, 5) is 29.4. The number of ether oxygens (including phenoxy) is 2. The van der Waals surface area contributed by atoms with Crippen LogP contribution in [0.2, 0.25) is 0 Å². The van der Waals surface area contributed by atoms with E-state index in [1.165, 1.54) is 5.56 Å². The number of nitrogens with zero attached hydrogens (tertiary/aromatic N) is 3. The molecule has 0 amide bonds. The number of esters is 2. The van der Waals surface area contributed by atoms with Crippen LogP contribution in [0.25, 0.3) is 0 Å². The van der Waals surface area contributed by atoms with E-state index in [0.29, 0.717) is 18.0 Å².